The molecule has 2 aromatic carbocycles. The Kier molecular flexibility index (Phi) is 6.39. The molecule has 0 spiro atoms. The van der Waals surface area contributed by atoms with Gasteiger partial charge in [0, 0.05) is 4.88 Å². The molecule has 0 aliphatic rings. The molecule has 1 atom stereocenters. The van der Waals surface area contributed by atoms with Crippen LogP contribution in [0.15, 0.2) is 66.0 Å². The lowest BCUT2D eigenvalue weighted by Crippen LogP contribution is -2.32. The fourth-order valence-electron chi connectivity index (χ4n) is 2.60. The van der Waals surface area contributed by atoms with Crippen LogP contribution in [0.25, 0.3) is 0 Å². The average molecular weight is 399 g/mol. The van der Waals surface area contributed by atoms with E-state index in [0.29, 0.717) is 11.3 Å². The minimum Gasteiger partial charge on any atom is -0.497 e. The Morgan fingerprint density at radius 1 is 1.11 bits per heavy atom. The molecule has 1 unspecified atom stereocenters. The van der Waals surface area contributed by atoms with Gasteiger partial charge in [0.25, 0.3) is 5.91 Å². The van der Waals surface area contributed by atoms with Crippen LogP contribution in [0, 0.1) is 5.82 Å². The van der Waals surface area contributed by atoms with Crippen molar-refractivity contribution in [2.24, 2.45) is 0 Å². The van der Waals surface area contributed by atoms with E-state index in [1.54, 1.807) is 30.3 Å². The molecule has 0 fully saturated rings. The zero-order chi connectivity index (χ0) is 19.9. The number of carbonyl (C=O) groups excluding carboxylic acids is 2. The van der Waals surface area contributed by atoms with Crippen LogP contribution in [0.1, 0.15) is 26.8 Å². The summed E-state index contributed by atoms with van der Waals surface area (Å²) in [5.74, 6) is -0.914. The lowest BCUT2D eigenvalue weighted by Gasteiger charge is -2.18. The second-order valence-corrected chi connectivity index (χ2v) is 6.85. The number of benzene rings is 2. The number of nitrogens with one attached hydrogen (secondary N) is 1. The SMILES string of the molecule is COc1cccc(C(=O)OCC(=O)NC(c2ccc(F)cc2)c2cccs2)c1. The Labute approximate surface area is 165 Å². The van der Waals surface area contributed by atoms with Crippen molar-refractivity contribution in [2.45, 2.75) is 6.04 Å². The maximum Gasteiger partial charge on any atom is 0.338 e. The number of hydrogen-bond donors (Lipinski definition) is 1. The third-order valence-corrected chi connectivity index (χ3v) is 4.91. The molecule has 7 heteroatoms. The first-order chi connectivity index (χ1) is 13.6. The monoisotopic (exact) mass is 399 g/mol. The predicted molar refractivity (Wildman–Crippen MR) is 104 cm³/mol. The molecule has 0 saturated carbocycles. The Morgan fingerprint density at radius 2 is 1.89 bits per heavy atom. The first-order valence-electron chi connectivity index (χ1n) is 8.46. The topological polar surface area (TPSA) is 64.6 Å². The average Bonchev–Trinajstić information content (AvgIpc) is 3.25. The molecule has 3 aromatic rings. The van der Waals surface area contributed by atoms with Gasteiger partial charge in [-0.05, 0) is 47.3 Å². The Hall–Kier alpha value is -3.19. The van der Waals surface area contributed by atoms with Gasteiger partial charge in [0.05, 0.1) is 18.7 Å². The Morgan fingerprint density at radius 3 is 2.57 bits per heavy atom. The summed E-state index contributed by atoms with van der Waals surface area (Å²) in [5.41, 5.74) is 1.02. The molecule has 1 aromatic heterocycles. The highest BCUT2D eigenvalue weighted by Crippen LogP contribution is 2.26. The van der Waals surface area contributed by atoms with Crippen molar-refractivity contribution < 1.29 is 23.5 Å². The van der Waals surface area contributed by atoms with Crippen molar-refractivity contribution >= 4 is 23.2 Å². The molecule has 0 aliphatic carbocycles. The normalized spacial score (nSPS) is 11.5. The third kappa shape index (κ3) is 4.95. The van der Waals surface area contributed by atoms with Gasteiger partial charge in [0.15, 0.2) is 6.61 Å². The summed E-state index contributed by atoms with van der Waals surface area (Å²) in [7, 11) is 1.50. The molecule has 0 aliphatic heterocycles. The van der Waals surface area contributed by atoms with Gasteiger partial charge in [-0.25, -0.2) is 9.18 Å². The summed E-state index contributed by atoms with van der Waals surface area (Å²) < 4.78 is 23.4. The van der Waals surface area contributed by atoms with Crippen molar-refractivity contribution in [1.29, 1.82) is 0 Å². The minimum atomic E-state index is -0.622. The largest absolute Gasteiger partial charge is 0.497 e. The first-order valence-corrected chi connectivity index (χ1v) is 9.34. The molecule has 0 radical (unpaired) electrons. The minimum absolute atomic E-state index is 0.292. The fraction of sp³-hybridized carbons (Fsp3) is 0.143. The maximum absolute atomic E-state index is 13.2. The molecule has 28 heavy (non-hydrogen) atoms. The van der Waals surface area contributed by atoms with E-state index in [-0.39, 0.29) is 5.82 Å². The molecular weight excluding hydrogens is 381 g/mol. The highest BCUT2D eigenvalue weighted by molar-refractivity contribution is 7.10. The molecule has 0 saturated heterocycles. The number of methoxy groups -OCH3 is 1. The summed E-state index contributed by atoms with van der Waals surface area (Å²) in [6.45, 7) is -0.431. The van der Waals surface area contributed by atoms with E-state index in [9.17, 15) is 14.0 Å². The maximum atomic E-state index is 13.2. The quantitative estimate of drug-likeness (QED) is 0.611. The number of amides is 1. The lowest BCUT2D eigenvalue weighted by atomic mass is 10.1. The van der Waals surface area contributed by atoms with Gasteiger partial charge in [-0.1, -0.05) is 24.3 Å². The van der Waals surface area contributed by atoms with Gasteiger partial charge in [0.2, 0.25) is 0 Å². The number of ether oxygens (including phenoxy) is 2. The highest BCUT2D eigenvalue weighted by Gasteiger charge is 2.19. The molecule has 1 amide bonds. The summed E-state index contributed by atoms with van der Waals surface area (Å²) in [5, 5.41) is 4.72. The number of esters is 1. The number of hydrogen-bond acceptors (Lipinski definition) is 5. The molecule has 144 valence electrons. The summed E-state index contributed by atoms with van der Waals surface area (Å²) in [6, 6.07) is 15.7. The molecular formula is C21H18FNO4S. The van der Waals surface area contributed by atoms with Gasteiger partial charge in [-0.3, -0.25) is 4.79 Å². The van der Waals surface area contributed by atoms with Gasteiger partial charge in [0.1, 0.15) is 11.6 Å². The van der Waals surface area contributed by atoms with Crippen LogP contribution in [0.2, 0.25) is 0 Å². The van der Waals surface area contributed by atoms with Crippen LogP contribution >= 0.6 is 11.3 Å². The van der Waals surface area contributed by atoms with E-state index >= 15 is 0 Å². The Balaban J connectivity index is 1.65. The summed E-state index contributed by atoms with van der Waals surface area (Å²) in [6.07, 6.45) is 0. The zero-order valence-corrected chi connectivity index (χ0v) is 15.9. The van der Waals surface area contributed by atoms with Gasteiger partial charge >= 0.3 is 5.97 Å². The standard InChI is InChI=1S/C21H18FNO4S/c1-26-17-5-2-4-15(12-17)21(25)27-13-19(24)23-20(18-6-3-11-28-18)14-7-9-16(22)10-8-14/h2-12,20H,13H2,1H3,(H,23,24). The second-order valence-electron chi connectivity index (χ2n) is 5.88. The van der Waals surface area contributed by atoms with Crippen molar-refractivity contribution in [3.63, 3.8) is 0 Å². The van der Waals surface area contributed by atoms with E-state index in [1.807, 2.05) is 17.5 Å². The smallest absolute Gasteiger partial charge is 0.338 e. The first kappa shape index (κ1) is 19.6. The van der Waals surface area contributed by atoms with Gasteiger partial charge < -0.3 is 14.8 Å². The highest BCUT2D eigenvalue weighted by atomic mass is 32.1. The number of thiophene rings is 1. The fourth-order valence-corrected chi connectivity index (χ4v) is 3.40. The molecule has 1 N–H and O–H groups in total. The molecule has 1 heterocycles. The zero-order valence-electron chi connectivity index (χ0n) is 15.1. The van der Waals surface area contributed by atoms with Crippen LogP contribution in [0.4, 0.5) is 4.39 Å². The van der Waals surface area contributed by atoms with Crippen molar-refractivity contribution in [2.75, 3.05) is 13.7 Å². The Bertz CT molecular complexity index is 941. The van der Waals surface area contributed by atoms with Gasteiger partial charge in [-0.2, -0.15) is 0 Å². The van der Waals surface area contributed by atoms with E-state index < -0.39 is 24.5 Å². The third-order valence-electron chi connectivity index (χ3n) is 3.98. The summed E-state index contributed by atoms with van der Waals surface area (Å²) in [4.78, 5) is 25.4. The molecule has 5 nitrogen and oxygen atoms in total. The van der Waals surface area contributed by atoms with Crippen LogP contribution in [0.3, 0.4) is 0 Å². The van der Waals surface area contributed by atoms with E-state index in [2.05, 4.69) is 5.32 Å². The molecule has 0 bridgehead atoms. The van der Waals surface area contributed by atoms with Gasteiger partial charge in [-0.15, -0.1) is 11.3 Å². The van der Waals surface area contributed by atoms with Crippen LogP contribution in [-0.2, 0) is 9.53 Å². The number of carbonyl (C=O) groups is 2. The second kappa shape index (κ2) is 9.14. The van der Waals surface area contributed by atoms with Crippen molar-refractivity contribution in [1.82, 2.24) is 5.32 Å². The van der Waals surface area contributed by atoms with E-state index in [1.165, 1.54) is 36.6 Å². The van der Waals surface area contributed by atoms with E-state index in [4.69, 9.17) is 9.47 Å². The van der Waals surface area contributed by atoms with Crippen LogP contribution < -0.4 is 10.1 Å². The van der Waals surface area contributed by atoms with Crippen LogP contribution in [0.5, 0.6) is 5.75 Å². The number of rotatable bonds is 7. The lowest BCUT2D eigenvalue weighted by molar-refractivity contribution is -0.124. The van der Waals surface area contributed by atoms with E-state index in [0.717, 1.165) is 10.4 Å². The number of halogens is 1. The van der Waals surface area contributed by atoms with Crippen molar-refractivity contribution in [3.05, 3.63) is 87.9 Å². The summed E-state index contributed by atoms with van der Waals surface area (Å²) >= 11 is 1.47. The van der Waals surface area contributed by atoms with Crippen molar-refractivity contribution in [3.8, 4) is 5.75 Å². The molecule has 3 rings (SSSR count). The van der Waals surface area contributed by atoms with Crippen LogP contribution in [-0.4, -0.2) is 25.6 Å². The predicted octanol–water partition coefficient (Wildman–Crippen LogP) is 3.96.